The number of carbonyl (C=O) groups is 2. The van der Waals surface area contributed by atoms with Crippen molar-refractivity contribution in [3.63, 3.8) is 0 Å². The van der Waals surface area contributed by atoms with Gasteiger partial charge in [0, 0.05) is 12.1 Å². The van der Waals surface area contributed by atoms with E-state index in [0.29, 0.717) is 36.3 Å². The summed E-state index contributed by atoms with van der Waals surface area (Å²) in [6.07, 6.45) is 1.71. The Morgan fingerprint density at radius 2 is 1.52 bits per heavy atom. The average molecular weight is 296 g/mol. The van der Waals surface area contributed by atoms with Crippen LogP contribution < -0.4 is 10.6 Å². The molecule has 0 spiro atoms. The SMILES string of the molecule is C=C(C)C(=O)N[C@@H](CC(C)C)C(=O)NCC(C)CC(C)C. The van der Waals surface area contributed by atoms with Gasteiger partial charge in [-0.3, -0.25) is 9.59 Å². The first-order chi connectivity index (χ1) is 9.63. The van der Waals surface area contributed by atoms with Crippen molar-refractivity contribution in [3.05, 3.63) is 12.2 Å². The molecule has 0 fully saturated rings. The van der Waals surface area contributed by atoms with Gasteiger partial charge in [0.2, 0.25) is 11.8 Å². The molecule has 0 heterocycles. The van der Waals surface area contributed by atoms with Crippen LogP contribution in [0.25, 0.3) is 0 Å². The van der Waals surface area contributed by atoms with E-state index in [2.05, 4.69) is 38.0 Å². The lowest BCUT2D eigenvalue weighted by atomic mass is 9.98. The predicted molar refractivity (Wildman–Crippen MR) is 87.8 cm³/mol. The Bertz CT molecular complexity index is 362. The maximum absolute atomic E-state index is 12.3. The molecular weight excluding hydrogens is 264 g/mol. The highest BCUT2D eigenvalue weighted by Crippen LogP contribution is 2.10. The molecule has 0 bridgehead atoms. The third-order valence-electron chi connectivity index (χ3n) is 3.22. The van der Waals surface area contributed by atoms with Crippen LogP contribution in [0.1, 0.15) is 54.4 Å². The van der Waals surface area contributed by atoms with E-state index in [4.69, 9.17) is 0 Å². The van der Waals surface area contributed by atoms with Crippen molar-refractivity contribution in [2.75, 3.05) is 6.54 Å². The maximum Gasteiger partial charge on any atom is 0.246 e. The summed E-state index contributed by atoms with van der Waals surface area (Å²) in [6, 6.07) is -0.486. The summed E-state index contributed by atoms with van der Waals surface area (Å²) in [6.45, 7) is 16.4. The van der Waals surface area contributed by atoms with E-state index < -0.39 is 6.04 Å². The molecule has 0 saturated carbocycles. The van der Waals surface area contributed by atoms with Crippen LogP contribution in [0.2, 0.25) is 0 Å². The highest BCUT2D eigenvalue weighted by atomic mass is 16.2. The Hall–Kier alpha value is -1.32. The van der Waals surface area contributed by atoms with E-state index in [-0.39, 0.29) is 11.8 Å². The molecule has 0 aliphatic carbocycles. The van der Waals surface area contributed by atoms with Gasteiger partial charge < -0.3 is 10.6 Å². The molecule has 0 aromatic rings. The van der Waals surface area contributed by atoms with Crippen LogP contribution in [0.3, 0.4) is 0 Å². The van der Waals surface area contributed by atoms with Crippen molar-refractivity contribution in [3.8, 4) is 0 Å². The van der Waals surface area contributed by atoms with Gasteiger partial charge in [-0.1, -0.05) is 41.2 Å². The van der Waals surface area contributed by atoms with Gasteiger partial charge >= 0.3 is 0 Å². The van der Waals surface area contributed by atoms with Crippen molar-refractivity contribution >= 4 is 11.8 Å². The first-order valence-electron chi connectivity index (χ1n) is 7.87. The lowest BCUT2D eigenvalue weighted by Crippen LogP contribution is -2.48. The van der Waals surface area contributed by atoms with Gasteiger partial charge in [-0.25, -0.2) is 0 Å². The molecule has 0 saturated heterocycles. The van der Waals surface area contributed by atoms with Gasteiger partial charge in [-0.05, 0) is 37.5 Å². The van der Waals surface area contributed by atoms with Crippen molar-refractivity contribution < 1.29 is 9.59 Å². The molecule has 0 rings (SSSR count). The van der Waals surface area contributed by atoms with Gasteiger partial charge in [0.25, 0.3) is 0 Å². The highest BCUT2D eigenvalue weighted by Gasteiger charge is 2.22. The van der Waals surface area contributed by atoms with E-state index in [1.165, 1.54) is 0 Å². The van der Waals surface area contributed by atoms with E-state index in [9.17, 15) is 9.59 Å². The van der Waals surface area contributed by atoms with E-state index in [1.807, 2.05) is 13.8 Å². The second-order valence-corrected chi connectivity index (χ2v) is 6.92. The largest absolute Gasteiger partial charge is 0.354 e. The topological polar surface area (TPSA) is 58.2 Å². The quantitative estimate of drug-likeness (QED) is 0.643. The van der Waals surface area contributed by atoms with Crippen LogP contribution in [-0.2, 0) is 9.59 Å². The summed E-state index contributed by atoms with van der Waals surface area (Å²) < 4.78 is 0. The zero-order valence-electron chi connectivity index (χ0n) is 14.5. The normalized spacial score (nSPS) is 13.9. The molecule has 0 radical (unpaired) electrons. The van der Waals surface area contributed by atoms with Gasteiger partial charge in [0.1, 0.15) is 6.04 Å². The number of hydrogen-bond acceptors (Lipinski definition) is 2. The zero-order chi connectivity index (χ0) is 16.6. The first-order valence-corrected chi connectivity index (χ1v) is 7.87. The second kappa shape index (κ2) is 9.59. The van der Waals surface area contributed by atoms with Crippen molar-refractivity contribution in [2.24, 2.45) is 17.8 Å². The molecule has 122 valence electrons. The third kappa shape index (κ3) is 9.27. The molecule has 2 amide bonds. The zero-order valence-corrected chi connectivity index (χ0v) is 14.5. The summed E-state index contributed by atoms with van der Waals surface area (Å²) in [7, 11) is 0. The summed E-state index contributed by atoms with van der Waals surface area (Å²) in [4.78, 5) is 24.0. The summed E-state index contributed by atoms with van der Waals surface area (Å²) >= 11 is 0. The number of hydrogen-bond donors (Lipinski definition) is 2. The highest BCUT2D eigenvalue weighted by molar-refractivity contribution is 5.96. The van der Waals surface area contributed by atoms with Gasteiger partial charge in [-0.2, -0.15) is 0 Å². The fourth-order valence-corrected chi connectivity index (χ4v) is 2.27. The Kier molecular flexibility index (Phi) is 8.98. The molecule has 0 aliphatic heterocycles. The number of rotatable bonds is 9. The molecule has 1 unspecified atom stereocenters. The molecule has 2 atom stereocenters. The van der Waals surface area contributed by atoms with Crippen LogP contribution in [-0.4, -0.2) is 24.4 Å². The minimum atomic E-state index is -0.486. The van der Waals surface area contributed by atoms with Crippen LogP contribution in [0.4, 0.5) is 0 Å². The Labute approximate surface area is 129 Å². The molecule has 0 aromatic carbocycles. The summed E-state index contributed by atoms with van der Waals surface area (Å²) in [5.74, 6) is 1.02. The standard InChI is InChI=1S/C17H32N2O2/c1-11(2)8-14(7)10-18-17(21)15(9-12(3)4)19-16(20)13(5)6/h11-12,14-15H,5,8-10H2,1-4,6-7H3,(H,18,21)(H,19,20)/t14?,15-/m0/s1. The molecule has 0 aliphatic rings. The van der Waals surface area contributed by atoms with Gasteiger partial charge in [0.15, 0.2) is 0 Å². The van der Waals surface area contributed by atoms with Crippen molar-refractivity contribution in [1.82, 2.24) is 10.6 Å². The summed E-state index contributed by atoms with van der Waals surface area (Å²) in [5, 5.41) is 5.72. The maximum atomic E-state index is 12.3. The Morgan fingerprint density at radius 3 is 1.95 bits per heavy atom. The predicted octanol–water partition coefficient (Wildman–Crippen LogP) is 2.89. The number of amides is 2. The number of nitrogens with one attached hydrogen (secondary N) is 2. The molecule has 21 heavy (non-hydrogen) atoms. The smallest absolute Gasteiger partial charge is 0.246 e. The van der Waals surface area contributed by atoms with E-state index >= 15 is 0 Å². The van der Waals surface area contributed by atoms with E-state index in [1.54, 1.807) is 6.92 Å². The lowest BCUT2D eigenvalue weighted by Gasteiger charge is -2.22. The average Bonchev–Trinajstić information content (AvgIpc) is 2.33. The van der Waals surface area contributed by atoms with Gasteiger partial charge in [-0.15, -0.1) is 0 Å². The van der Waals surface area contributed by atoms with Crippen molar-refractivity contribution in [1.29, 1.82) is 0 Å². The molecular formula is C17H32N2O2. The van der Waals surface area contributed by atoms with Crippen LogP contribution in [0, 0.1) is 17.8 Å². The third-order valence-corrected chi connectivity index (χ3v) is 3.22. The number of carbonyl (C=O) groups excluding carboxylic acids is 2. The Balaban J connectivity index is 4.51. The fourth-order valence-electron chi connectivity index (χ4n) is 2.27. The minimum absolute atomic E-state index is 0.103. The van der Waals surface area contributed by atoms with E-state index in [0.717, 1.165) is 6.42 Å². The fraction of sp³-hybridized carbons (Fsp3) is 0.765. The first kappa shape index (κ1) is 19.7. The van der Waals surface area contributed by atoms with Gasteiger partial charge in [0.05, 0.1) is 0 Å². The van der Waals surface area contributed by atoms with Crippen LogP contribution >= 0.6 is 0 Å². The minimum Gasteiger partial charge on any atom is -0.354 e. The molecule has 2 N–H and O–H groups in total. The second-order valence-electron chi connectivity index (χ2n) is 6.92. The Morgan fingerprint density at radius 1 is 1.00 bits per heavy atom. The lowest BCUT2D eigenvalue weighted by molar-refractivity contribution is -0.128. The molecule has 0 aromatic heterocycles. The van der Waals surface area contributed by atoms with Crippen LogP contribution in [0.5, 0.6) is 0 Å². The molecule has 4 heteroatoms. The van der Waals surface area contributed by atoms with Crippen molar-refractivity contribution in [2.45, 2.75) is 60.4 Å². The molecule has 4 nitrogen and oxygen atoms in total. The monoisotopic (exact) mass is 296 g/mol. The summed E-state index contributed by atoms with van der Waals surface area (Å²) in [5.41, 5.74) is 0.421. The van der Waals surface area contributed by atoms with Crippen LogP contribution in [0.15, 0.2) is 12.2 Å².